The van der Waals surface area contributed by atoms with Gasteiger partial charge in [-0.25, -0.2) is 9.97 Å². The van der Waals surface area contributed by atoms with Gasteiger partial charge in [-0.2, -0.15) is 5.10 Å². The Kier molecular flexibility index (Phi) is 1.31. The van der Waals surface area contributed by atoms with Gasteiger partial charge in [0.25, 0.3) is 0 Å². The summed E-state index contributed by atoms with van der Waals surface area (Å²) in [5, 5.41) is 6.57. The zero-order chi connectivity index (χ0) is 7.68. The monoisotopic (exact) mass is 148 g/mol. The van der Waals surface area contributed by atoms with Gasteiger partial charge in [-0.3, -0.25) is 5.10 Å². The SMILES string of the molecule is CCc1cnc2[nH]ncc2n1. The lowest BCUT2D eigenvalue weighted by Crippen LogP contribution is -1.88. The minimum absolute atomic E-state index is 0.752. The summed E-state index contributed by atoms with van der Waals surface area (Å²) in [7, 11) is 0. The second-order valence-electron chi connectivity index (χ2n) is 2.32. The van der Waals surface area contributed by atoms with E-state index >= 15 is 0 Å². The maximum atomic E-state index is 4.30. The molecule has 0 atom stereocenters. The van der Waals surface area contributed by atoms with E-state index in [1.54, 1.807) is 12.4 Å². The van der Waals surface area contributed by atoms with Crippen LogP contribution in [-0.4, -0.2) is 20.2 Å². The minimum Gasteiger partial charge on any atom is -0.259 e. The number of rotatable bonds is 1. The van der Waals surface area contributed by atoms with Crippen molar-refractivity contribution in [2.24, 2.45) is 0 Å². The van der Waals surface area contributed by atoms with Crippen LogP contribution in [0.5, 0.6) is 0 Å². The van der Waals surface area contributed by atoms with Crippen molar-refractivity contribution in [3.05, 3.63) is 18.1 Å². The Balaban J connectivity index is 2.67. The number of hydrogen-bond acceptors (Lipinski definition) is 3. The molecule has 4 heteroatoms. The first kappa shape index (κ1) is 6.27. The molecular weight excluding hydrogens is 140 g/mol. The van der Waals surface area contributed by atoms with Gasteiger partial charge in [0, 0.05) is 0 Å². The number of aromatic amines is 1. The molecule has 2 aromatic heterocycles. The predicted octanol–water partition coefficient (Wildman–Crippen LogP) is 0.915. The van der Waals surface area contributed by atoms with Gasteiger partial charge in [0.05, 0.1) is 18.1 Å². The molecule has 0 fully saturated rings. The van der Waals surface area contributed by atoms with E-state index in [2.05, 4.69) is 27.1 Å². The lowest BCUT2D eigenvalue weighted by Gasteiger charge is -1.92. The Morgan fingerprint density at radius 3 is 3.18 bits per heavy atom. The van der Waals surface area contributed by atoms with Gasteiger partial charge >= 0.3 is 0 Å². The molecule has 56 valence electrons. The number of fused-ring (bicyclic) bond motifs is 1. The Morgan fingerprint density at radius 1 is 1.45 bits per heavy atom. The summed E-state index contributed by atoms with van der Waals surface area (Å²) in [6.45, 7) is 2.05. The molecule has 4 nitrogen and oxygen atoms in total. The average Bonchev–Trinajstić information content (AvgIpc) is 2.50. The van der Waals surface area contributed by atoms with E-state index in [4.69, 9.17) is 0 Å². The number of hydrogen-bond donors (Lipinski definition) is 1. The molecule has 0 unspecified atom stereocenters. The predicted molar refractivity (Wildman–Crippen MR) is 41.1 cm³/mol. The molecule has 0 aliphatic rings. The van der Waals surface area contributed by atoms with Gasteiger partial charge in [0.15, 0.2) is 5.65 Å². The number of H-pyrrole nitrogens is 1. The Bertz CT molecular complexity index is 365. The van der Waals surface area contributed by atoms with Crippen LogP contribution in [0.15, 0.2) is 12.4 Å². The molecule has 0 amide bonds. The minimum atomic E-state index is 0.752. The van der Waals surface area contributed by atoms with Crippen molar-refractivity contribution in [1.29, 1.82) is 0 Å². The summed E-state index contributed by atoms with van der Waals surface area (Å²) in [6.07, 6.45) is 4.36. The molecule has 0 aliphatic carbocycles. The fraction of sp³-hybridized carbons (Fsp3) is 0.286. The molecule has 2 aromatic rings. The smallest absolute Gasteiger partial charge is 0.174 e. The normalized spacial score (nSPS) is 10.6. The van der Waals surface area contributed by atoms with E-state index in [0.717, 1.165) is 23.3 Å². The van der Waals surface area contributed by atoms with Crippen molar-refractivity contribution in [3.8, 4) is 0 Å². The first-order chi connectivity index (χ1) is 5.40. The van der Waals surface area contributed by atoms with E-state index in [1.165, 1.54) is 0 Å². The summed E-state index contributed by atoms with van der Waals surface area (Å²) in [6, 6.07) is 0. The molecule has 0 bridgehead atoms. The molecular formula is C7H8N4. The standard InChI is InChI=1S/C7H8N4/c1-2-5-3-8-7-6(10-5)4-9-11-7/h3-4H,2H2,1H3,(H,8,9,11). The van der Waals surface area contributed by atoms with Crippen LogP contribution in [-0.2, 0) is 6.42 Å². The Hall–Kier alpha value is -1.45. The van der Waals surface area contributed by atoms with Crippen molar-refractivity contribution in [3.63, 3.8) is 0 Å². The van der Waals surface area contributed by atoms with E-state index in [9.17, 15) is 0 Å². The van der Waals surface area contributed by atoms with Crippen LogP contribution in [0.4, 0.5) is 0 Å². The first-order valence-corrected chi connectivity index (χ1v) is 3.55. The van der Waals surface area contributed by atoms with Gasteiger partial charge in [0.1, 0.15) is 5.52 Å². The summed E-state index contributed by atoms with van der Waals surface area (Å²) in [4.78, 5) is 8.43. The molecule has 2 heterocycles. The Labute approximate surface area is 63.7 Å². The highest BCUT2D eigenvalue weighted by molar-refractivity contribution is 5.67. The van der Waals surface area contributed by atoms with Crippen LogP contribution in [0.25, 0.3) is 11.2 Å². The Morgan fingerprint density at radius 2 is 2.36 bits per heavy atom. The van der Waals surface area contributed by atoms with E-state index in [0.29, 0.717) is 0 Å². The van der Waals surface area contributed by atoms with Gasteiger partial charge in [-0.15, -0.1) is 0 Å². The van der Waals surface area contributed by atoms with E-state index in [-0.39, 0.29) is 0 Å². The lowest BCUT2D eigenvalue weighted by atomic mass is 10.3. The highest BCUT2D eigenvalue weighted by Gasteiger charge is 1.97. The first-order valence-electron chi connectivity index (χ1n) is 3.55. The molecule has 1 N–H and O–H groups in total. The molecule has 0 spiro atoms. The van der Waals surface area contributed by atoms with Crippen LogP contribution in [0.2, 0.25) is 0 Å². The maximum Gasteiger partial charge on any atom is 0.174 e. The number of nitrogens with one attached hydrogen (secondary N) is 1. The van der Waals surface area contributed by atoms with Crippen LogP contribution >= 0.6 is 0 Å². The molecule has 2 rings (SSSR count). The summed E-state index contributed by atoms with van der Waals surface area (Å²) >= 11 is 0. The van der Waals surface area contributed by atoms with Gasteiger partial charge in [-0.05, 0) is 6.42 Å². The van der Waals surface area contributed by atoms with Crippen molar-refractivity contribution < 1.29 is 0 Å². The number of aromatic nitrogens is 4. The zero-order valence-corrected chi connectivity index (χ0v) is 6.20. The third kappa shape index (κ3) is 0.960. The van der Waals surface area contributed by atoms with Crippen molar-refractivity contribution in [1.82, 2.24) is 20.2 Å². The highest BCUT2D eigenvalue weighted by atomic mass is 15.1. The van der Waals surface area contributed by atoms with Crippen LogP contribution < -0.4 is 0 Å². The number of nitrogens with zero attached hydrogens (tertiary/aromatic N) is 3. The highest BCUT2D eigenvalue weighted by Crippen LogP contribution is 2.04. The van der Waals surface area contributed by atoms with Crippen molar-refractivity contribution >= 4 is 11.2 Å². The zero-order valence-electron chi connectivity index (χ0n) is 6.20. The fourth-order valence-electron chi connectivity index (χ4n) is 0.943. The van der Waals surface area contributed by atoms with Gasteiger partial charge in [0.2, 0.25) is 0 Å². The van der Waals surface area contributed by atoms with Crippen molar-refractivity contribution in [2.75, 3.05) is 0 Å². The molecule has 0 aliphatic heterocycles. The van der Waals surface area contributed by atoms with Gasteiger partial charge in [-0.1, -0.05) is 6.92 Å². The molecule has 0 aromatic carbocycles. The fourth-order valence-corrected chi connectivity index (χ4v) is 0.943. The third-order valence-corrected chi connectivity index (χ3v) is 1.57. The number of aryl methyl sites for hydroxylation is 1. The van der Waals surface area contributed by atoms with Crippen molar-refractivity contribution in [2.45, 2.75) is 13.3 Å². The second-order valence-corrected chi connectivity index (χ2v) is 2.32. The van der Waals surface area contributed by atoms with Crippen LogP contribution in [0.3, 0.4) is 0 Å². The molecule has 0 saturated carbocycles. The quantitative estimate of drug-likeness (QED) is 0.654. The largest absolute Gasteiger partial charge is 0.259 e. The van der Waals surface area contributed by atoms with E-state index < -0.39 is 0 Å². The molecule has 11 heavy (non-hydrogen) atoms. The van der Waals surface area contributed by atoms with E-state index in [1.807, 2.05) is 0 Å². The molecule has 0 radical (unpaired) electrons. The third-order valence-electron chi connectivity index (χ3n) is 1.57. The summed E-state index contributed by atoms with van der Waals surface area (Å²) in [5.74, 6) is 0. The second kappa shape index (κ2) is 2.30. The summed E-state index contributed by atoms with van der Waals surface area (Å²) in [5.41, 5.74) is 2.59. The lowest BCUT2D eigenvalue weighted by molar-refractivity contribution is 1.03. The van der Waals surface area contributed by atoms with Gasteiger partial charge < -0.3 is 0 Å². The summed E-state index contributed by atoms with van der Waals surface area (Å²) < 4.78 is 0. The van der Waals surface area contributed by atoms with Crippen LogP contribution in [0, 0.1) is 0 Å². The van der Waals surface area contributed by atoms with Crippen LogP contribution in [0.1, 0.15) is 12.6 Å². The average molecular weight is 148 g/mol. The maximum absolute atomic E-state index is 4.30. The topological polar surface area (TPSA) is 54.5 Å². The molecule has 0 saturated heterocycles.